The zero-order valence-corrected chi connectivity index (χ0v) is 13.4. The SMILES string of the molecule is CCCCCCCCCCCCC(=O)C(CC)OC. The fraction of sp³-hybridized carbons (Fsp3) is 0.941. The molecule has 0 aliphatic heterocycles. The van der Waals surface area contributed by atoms with Crippen LogP contribution >= 0.6 is 0 Å². The predicted octanol–water partition coefficient (Wildman–Crippen LogP) is 5.29. The number of hydrogen-bond donors (Lipinski definition) is 0. The third-order valence-electron chi connectivity index (χ3n) is 3.79. The lowest BCUT2D eigenvalue weighted by Gasteiger charge is -2.11. The summed E-state index contributed by atoms with van der Waals surface area (Å²) >= 11 is 0. The summed E-state index contributed by atoms with van der Waals surface area (Å²) in [4.78, 5) is 11.7. The van der Waals surface area contributed by atoms with E-state index in [1.54, 1.807) is 7.11 Å². The molecule has 0 N–H and O–H groups in total. The molecule has 19 heavy (non-hydrogen) atoms. The first-order valence-corrected chi connectivity index (χ1v) is 8.31. The van der Waals surface area contributed by atoms with Crippen molar-refractivity contribution in [2.75, 3.05) is 7.11 Å². The highest BCUT2D eigenvalue weighted by Gasteiger charge is 2.13. The molecule has 0 saturated carbocycles. The maximum atomic E-state index is 11.7. The third kappa shape index (κ3) is 11.2. The molecule has 1 unspecified atom stereocenters. The first-order valence-electron chi connectivity index (χ1n) is 8.31. The van der Waals surface area contributed by atoms with Crippen LogP contribution in [0.2, 0.25) is 0 Å². The van der Waals surface area contributed by atoms with Gasteiger partial charge in [-0.1, -0.05) is 71.6 Å². The molecule has 114 valence electrons. The van der Waals surface area contributed by atoms with E-state index >= 15 is 0 Å². The van der Waals surface area contributed by atoms with Gasteiger partial charge in [-0.05, 0) is 12.8 Å². The standard InChI is InChI=1S/C17H34O2/c1-4-6-7-8-9-10-11-12-13-14-15-16(18)17(5-2)19-3/h17H,4-15H2,1-3H3. The Labute approximate surface area is 120 Å². The zero-order chi connectivity index (χ0) is 14.3. The molecule has 0 aromatic rings. The molecule has 2 nitrogen and oxygen atoms in total. The van der Waals surface area contributed by atoms with Crippen LogP contribution in [0.15, 0.2) is 0 Å². The van der Waals surface area contributed by atoms with Crippen molar-refractivity contribution in [3.8, 4) is 0 Å². The molecule has 0 bridgehead atoms. The number of rotatable bonds is 14. The number of carbonyl (C=O) groups excluding carboxylic acids is 1. The lowest BCUT2D eigenvalue weighted by atomic mass is 10.0. The molecule has 1 atom stereocenters. The van der Waals surface area contributed by atoms with Crippen LogP contribution in [0.25, 0.3) is 0 Å². The van der Waals surface area contributed by atoms with Gasteiger partial charge in [-0.3, -0.25) is 4.79 Å². The van der Waals surface area contributed by atoms with Crippen LogP contribution in [0.5, 0.6) is 0 Å². The molecule has 0 spiro atoms. The van der Waals surface area contributed by atoms with Gasteiger partial charge >= 0.3 is 0 Å². The number of methoxy groups -OCH3 is 1. The Morgan fingerprint density at radius 1 is 0.842 bits per heavy atom. The van der Waals surface area contributed by atoms with Crippen LogP contribution < -0.4 is 0 Å². The summed E-state index contributed by atoms with van der Waals surface area (Å²) in [5.41, 5.74) is 0. The average molecular weight is 270 g/mol. The maximum absolute atomic E-state index is 11.7. The summed E-state index contributed by atoms with van der Waals surface area (Å²) in [6.07, 6.45) is 14.5. The van der Waals surface area contributed by atoms with Crippen LogP contribution in [-0.2, 0) is 9.53 Å². The summed E-state index contributed by atoms with van der Waals surface area (Å²) in [5.74, 6) is 0.282. The second-order valence-electron chi connectivity index (χ2n) is 5.53. The van der Waals surface area contributed by atoms with Gasteiger partial charge in [-0.25, -0.2) is 0 Å². The van der Waals surface area contributed by atoms with Crippen molar-refractivity contribution in [1.82, 2.24) is 0 Å². The van der Waals surface area contributed by atoms with Gasteiger partial charge in [0.15, 0.2) is 5.78 Å². The van der Waals surface area contributed by atoms with Crippen molar-refractivity contribution in [2.24, 2.45) is 0 Å². The summed E-state index contributed by atoms with van der Waals surface area (Å²) in [7, 11) is 1.63. The molecule has 0 aliphatic rings. The molecular weight excluding hydrogens is 236 g/mol. The Bertz CT molecular complexity index is 197. The molecule has 0 radical (unpaired) electrons. The van der Waals surface area contributed by atoms with Crippen molar-refractivity contribution in [3.05, 3.63) is 0 Å². The number of ether oxygens (including phenoxy) is 1. The molecule has 0 rings (SSSR count). The third-order valence-corrected chi connectivity index (χ3v) is 3.79. The largest absolute Gasteiger partial charge is 0.374 e. The van der Waals surface area contributed by atoms with Crippen molar-refractivity contribution in [3.63, 3.8) is 0 Å². The summed E-state index contributed by atoms with van der Waals surface area (Å²) in [6.45, 7) is 4.26. The molecule has 0 aromatic heterocycles. The summed E-state index contributed by atoms with van der Waals surface area (Å²) in [5, 5.41) is 0. The van der Waals surface area contributed by atoms with Crippen molar-refractivity contribution < 1.29 is 9.53 Å². The topological polar surface area (TPSA) is 26.3 Å². The van der Waals surface area contributed by atoms with Gasteiger partial charge in [-0.2, -0.15) is 0 Å². The van der Waals surface area contributed by atoms with E-state index in [0.29, 0.717) is 6.42 Å². The van der Waals surface area contributed by atoms with Gasteiger partial charge in [-0.15, -0.1) is 0 Å². The lowest BCUT2D eigenvalue weighted by Crippen LogP contribution is -2.21. The highest BCUT2D eigenvalue weighted by Crippen LogP contribution is 2.12. The van der Waals surface area contributed by atoms with Gasteiger partial charge in [0.1, 0.15) is 6.10 Å². The molecule has 0 saturated heterocycles. The molecule has 0 aliphatic carbocycles. The van der Waals surface area contributed by atoms with E-state index in [4.69, 9.17) is 4.74 Å². The van der Waals surface area contributed by atoms with Crippen molar-refractivity contribution in [1.29, 1.82) is 0 Å². The first-order chi connectivity index (χ1) is 9.26. The monoisotopic (exact) mass is 270 g/mol. The maximum Gasteiger partial charge on any atom is 0.161 e. The highest BCUT2D eigenvalue weighted by molar-refractivity contribution is 5.82. The van der Waals surface area contributed by atoms with E-state index in [1.807, 2.05) is 6.92 Å². The molecule has 0 aromatic carbocycles. The van der Waals surface area contributed by atoms with Crippen LogP contribution in [0, 0.1) is 0 Å². The Morgan fingerprint density at radius 2 is 1.32 bits per heavy atom. The van der Waals surface area contributed by atoms with E-state index in [9.17, 15) is 4.79 Å². The normalized spacial score (nSPS) is 12.6. The zero-order valence-electron chi connectivity index (χ0n) is 13.4. The Balaban J connectivity index is 3.24. The Hall–Kier alpha value is -0.370. The van der Waals surface area contributed by atoms with Crippen LogP contribution in [0.4, 0.5) is 0 Å². The molecule has 0 heterocycles. The molecule has 2 heteroatoms. The van der Waals surface area contributed by atoms with Crippen LogP contribution in [0.3, 0.4) is 0 Å². The molecule has 0 amide bonds. The van der Waals surface area contributed by atoms with Gasteiger partial charge in [0.05, 0.1) is 0 Å². The minimum absolute atomic E-state index is 0.168. The molecular formula is C17H34O2. The van der Waals surface area contributed by atoms with E-state index in [0.717, 1.165) is 12.8 Å². The molecule has 0 fully saturated rings. The minimum atomic E-state index is -0.168. The minimum Gasteiger partial charge on any atom is -0.374 e. The van der Waals surface area contributed by atoms with E-state index < -0.39 is 0 Å². The van der Waals surface area contributed by atoms with Crippen LogP contribution in [-0.4, -0.2) is 19.0 Å². The summed E-state index contributed by atoms with van der Waals surface area (Å²) in [6, 6.07) is 0. The number of unbranched alkanes of at least 4 members (excludes halogenated alkanes) is 9. The van der Waals surface area contributed by atoms with Crippen LogP contribution in [0.1, 0.15) is 90.9 Å². The lowest BCUT2D eigenvalue weighted by molar-refractivity contribution is -0.129. The van der Waals surface area contributed by atoms with Gasteiger partial charge in [0.25, 0.3) is 0 Å². The second kappa shape index (κ2) is 14.0. The number of hydrogen-bond acceptors (Lipinski definition) is 2. The number of Topliss-reactive ketones (excluding diaryl/α,β-unsaturated/α-hetero) is 1. The predicted molar refractivity (Wildman–Crippen MR) is 82.6 cm³/mol. The average Bonchev–Trinajstić information content (AvgIpc) is 2.42. The second-order valence-corrected chi connectivity index (χ2v) is 5.53. The fourth-order valence-electron chi connectivity index (χ4n) is 2.47. The Morgan fingerprint density at radius 3 is 1.74 bits per heavy atom. The van der Waals surface area contributed by atoms with E-state index in [1.165, 1.54) is 57.8 Å². The van der Waals surface area contributed by atoms with Gasteiger partial charge < -0.3 is 4.74 Å². The quantitative estimate of drug-likeness (QED) is 0.401. The number of carbonyl (C=O) groups is 1. The van der Waals surface area contributed by atoms with Crippen molar-refractivity contribution >= 4 is 5.78 Å². The summed E-state index contributed by atoms with van der Waals surface area (Å²) < 4.78 is 5.15. The fourth-order valence-corrected chi connectivity index (χ4v) is 2.47. The number of ketones is 1. The van der Waals surface area contributed by atoms with Gasteiger partial charge in [0, 0.05) is 13.5 Å². The highest BCUT2D eigenvalue weighted by atomic mass is 16.5. The van der Waals surface area contributed by atoms with E-state index in [-0.39, 0.29) is 11.9 Å². The van der Waals surface area contributed by atoms with E-state index in [2.05, 4.69) is 6.92 Å². The Kier molecular flexibility index (Phi) is 13.8. The van der Waals surface area contributed by atoms with Gasteiger partial charge in [0.2, 0.25) is 0 Å². The smallest absolute Gasteiger partial charge is 0.161 e. The van der Waals surface area contributed by atoms with Crippen molar-refractivity contribution in [2.45, 2.75) is 97.0 Å². The first kappa shape index (κ1) is 18.6.